The van der Waals surface area contributed by atoms with Gasteiger partial charge in [0.2, 0.25) is 15.2 Å². The molecule has 3 atom stereocenters. The van der Waals surface area contributed by atoms with E-state index in [4.69, 9.17) is 0 Å². The van der Waals surface area contributed by atoms with Gasteiger partial charge in [0.15, 0.2) is 0 Å². The van der Waals surface area contributed by atoms with Gasteiger partial charge in [-0.05, 0) is 42.4 Å². The smallest absolute Gasteiger partial charge is 0.214 e. The molecule has 144 valence electrons. The summed E-state index contributed by atoms with van der Waals surface area (Å²) in [6, 6.07) is 6.10. The van der Waals surface area contributed by atoms with Gasteiger partial charge in [-0.2, -0.15) is 4.31 Å². The Bertz CT molecular complexity index is 933. The molecule has 0 amide bonds. The minimum absolute atomic E-state index is 0.129. The number of hydrogen-bond donors (Lipinski definition) is 0. The van der Waals surface area contributed by atoms with Crippen LogP contribution in [0.1, 0.15) is 24.4 Å². The van der Waals surface area contributed by atoms with Crippen molar-refractivity contribution < 1.29 is 12.8 Å². The van der Waals surface area contributed by atoms with Crippen LogP contribution in [0.25, 0.3) is 0 Å². The second kappa shape index (κ2) is 6.49. The quantitative estimate of drug-likeness (QED) is 0.761. The fourth-order valence-corrected chi connectivity index (χ4v) is 7.28. The lowest BCUT2D eigenvalue weighted by atomic mass is 9.90. The van der Waals surface area contributed by atoms with Crippen molar-refractivity contribution in [1.82, 2.24) is 14.5 Å². The molecule has 2 saturated heterocycles. The molecule has 1 saturated carbocycles. The molecule has 0 radical (unpaired) electrons. The van der Waals surface area contributed by atoms with E-state index in [1.54, 1.807) is 15.9 Å². The van der Waals surface area contributed by atoms with Crippen molar-refractivity contribution in [3.8, 4) is 0 Å². The van der Waals surface area contributed by atoms with Gasteiger partial charge in [0.05, 0.1) is 11.8 Å². The summed E-state index contributed by atoms with van der Waals surface area (Å²) in [6.45, 7) is 1.98. The summed E-state index contributed by atoms with van der Waals surface area (Å²) in [5.41, 5.74) is 2.46. The third-order valence-electron chi connectivity index (χ3n) is 5.93. The Morgan fingerprint density at radius 2 is 2.07 bits per heavy atom. The maximum absolute atomic E-state index is 13.9. The predicted octanol–water partition coefficient (Wildman–Crippen LogP) is 2.53. The van der Waals surface area contributed by atoms with Crippen LogP contribution in [-0.4, -0.2) is 48.3 Å². The van der Waals surface area contributed by atoms with Gasteiger partial charge in [0, 0.05) is 25.6 Å². The Hall–Kier alpha value is -1.58. The van der Waals surface area contributed by atoms with Gasteiger partial charge in [-0.3, -0.25) is 0 Å². The number of sulfonamides is 1. The molecule has 1 aromatic carbocycles. The molecule has 0 unspecified atom stereocenters. The molecular formula is C18H21FN4O2S2. The average Bonchev–Trinajstić information content (AvgIpc) is 3.04. The van der Waals surface area contributed by atoms with Crippen molar-refractivity contribution in [2.24, 2.45) is 17.8 Å². The number of rotatable bonds is 5. The largest absolute Gasteiger partial charge is 0.346 e. The van der Waals surface area contributed by atoms with Crippen LogP contribution in [-0.2, 0) is 10.0 Å². The first-order valence-electron chi connectivity index (χ1n) is 9.27. The van der Waals surface area contributed by atoms with Crippen molar-refractivity contribution in [2.45, 2.75) is 18.9 Å². The van der Waals surface area contributed by atoms with E-state index in [-0.39, 0.29) is 29.4 Å². The number of anilines is 1. The molecular weight excluding hydrogens is 387 g/mol. The number of hydrogen-bond acceptors (Lipinski definition) is 6. The second-order valence-electron chi connectivity index (χ2n) is 7.84. The minimum atomic E-state index is -3.35. The zero-order valence-electron chi connectivity index (χ0n) is 14.7. The summed E-state index contributed by atoms with van der Waals surface area (Å²) in [6.07, 6.45) is 1.99. The molecule has 5 rings (SSSR count). The van der Waals surface area contributed by atoms with E-state index >= 15 is 0 Å². The topological polar surface area (TPSA) is 66.4 Å². The van der Waals surface area contributed by atoms with Crippen LogP contribution in [0.4, 0.5) is 9.52 Å². The number of nitrogens with zero attached hydrogens (tertiary/aromatic N) is 4. The van der Waals surface area contributed by atoms with Gasteiger partial charge >= 0.3 is 0 Å². The molecule has 1 aromatic heterocycles. The van der Waals surface area contributed by atoms with Crippen molar-refractivity contribution >= 4 is 26.5 Å². The Labute approximate surface area is 162 Å². The monoisotopic (exact) mass is 408 g/mol. The standard InChI is InChI=1S/C18H21FN4O2S2/c19-15-3-1-2-13(6-15)17-16-9-22(18-21-20-11-26-18)7-14(16)8-23(17)27(24,25)10-12-4-5-12/h1-3,6,11-12,14,16-17H,4-5,7-10H2/t14-,16-,17+/m0/s1. The van der Waals surface area contributed by atoms with Crippen LogP contribution >= 0.6 is 11.3 Å². The summed E-state index contributed by atoms with van der Waals surface area (Å²) in [4.78, 5) is 2.18. The van der Waals surface area contributed by atoms with Gasteiger partial charge in [-0.15, -0.1) is 10.2 Å². The van der Waals surface area contributed by atoms with Crippen LogP contribution in [0.5, 0.6) is 0 Å². The summed E-state index contributed by atoms with van der Waals surface area (Å²) in [7, 11) is -3.35. The van der Waals surface area contributed by atoms with Crippen LogP contribution in [0.3, 0.4) is 0 Å². The number of benzene rings is 1. The van der Waals surface area contributed by atoms with Gasteiger partial charge in [0.1, 0.15) is 11.3 Å². The molecule has 3 heterocycles. The van der Waals surface area contributed by atoms with Crippen LogP contribution in [0.2, 0.25) is 0 Å². The third kappa shape index (κ3) is 3.25. The molecule has 2 aliphatic heterocycles. The lowest BCUT2D eigenvalue weighted by Gasteiger charge is -2.29. The van der Waals surface area contributed by atoms with Gasteiger partial charge in [-0.25, -0.2) is 12.8 Å². The third-order valence-corrected chi connectivity index (χ3v) is 8.67. The Kier molecular flexibility index (Phi) is 4.21. The Balaban J connectivity index is 1.48. The molecule has 2 aromatic rings. The lowest BCUT2D eigenvalue weighted by Crippen LogP contribution is -2.37. The van der Waals surface area contributed by atoms with E-state index in [1.165, 1.54) is 23.5 Å². The minimum Gasteiger partial charge on any atom is -0.346 e. The summed E-state index contributed by atoms with van der Waals surface area (Å²) >= 11 is 1.49. The maximum Gasteiger partial charge on any atom is 0.214 e. The summed E-state index contributed by atoms with van der Waals surface area (Å²) < 4.78 is 41.8. The summed E-state index contributed by atoms with van der Waals surface area (Å²) in [5.74, 6) is 0.537. The van der Waals surface area contributed by atoms with E-state index in [0.29, 0.717) is 12.5 Å². The highest BCUT2D eigenvalue weighted by Gasteiger charge is 2.52. The van der Waals surface area contributed by atoms with Crippen LogP contribution in [0.15, 0.2) is 29.8 Å². The first-order chi connectivity index (χ1) is 13.0. The lowest BCUT2D eigenvalue weighted by molar-refractivity contribution is 0.348. The molecule has 3 aliphatic rings. The number of halogens is 1. The van der Waals surface area contributed by atoms with Crippen molar-refractivity contribution in [1.29, 1.82) is 0 Å². The zero-order chi connectivity index (χ0) is 18.6. The normalized spacial score (nSPS) is 28.6. The average molecular weight is 409 g/mol. The molecule has 9 heteroatoms. The predicted molar refractivity (Wildman–Crippen MR) is 101 cm³/mol. The maximum atomic E-state index is 13.9. The van der Waals surface area contributed by atoms with E-state index in [9.17, 15) is 12.8 Å². The molecule has 0 bridgehead atoms. The van der Waals surface area contributed by atoms with Gasteiger partial charge in [-0.1, -0.05) is 23.5 Å². The fourth-order valence-electron chi connectivity index (χ4n) is 4.54. The van der Waals surface area contributed by atoms with E-state index in [1.807, 2.05) is 6.07 Å². The highest BCUT2D eigenvalue weighted by Crippen LogP contribution is 2.48. The highest BCUT2D eigenvalue weighted by atomic mass is 32.2. The van der Waals surface area contributed by atoms with E-state index < -0.39 is 10.0 Å². The van der Waals surface area contributed by atoms with Gasteiger partial charge in [0.25, 0.3) is 0 Å². The number of aromatic nitrogens is 2. The second-order valence-corrected chi connectivity index (χ2v) is 10.6. The molecule has 0 spiro atoms. The fraction of sp³-hybridized carbons (Fsp3) is 0.556. The highest BCUT2D eigenvalue weighted by molar-refractivity contribution is 7.89. The van der Waals surface area contributed by atoms with Gasteiger partial charge < -0.3 is 4.90 Å². The number of fused-ring (bicyclic) bond motifs is 1. The first-order valence-corrected chi connectivity index (χ1v) is 11.8. The van der Waals surface area contributed by atoms with Crippen molar-refractivity contribution in [3.63, 3.8) is 0 Å². The summed E-state index contributed by atoms with van der Waals surface area (Å²) in [5, 5.41) is 8.94. The van der Waals surface area contributed by atoms with Crippen molar-refractivity contribution in [2.75, 3.05) is 30.3 Å². The SMILES string of the molecule is O=S(=O)(CC1CC1)N1C[C@@H]2CN(c3nncs3)C[C@@H]2[C@H]1c1cccc(F)c1. The first kappa shape index (κ1) is 17.5. The zero-order valence-corrected chi connectivity index (χ0v) is 16.4. The van der Waals surface area contributed by atoms with Crippen LogP contribution in [0, 0.1) is 23.6 Å². The molecule has 27 heavy (non-hydrogen) atoms. The van der Waals surface area contributed by atoms with E-state index in [0.717, 1.165) is 36.6 Å². The molecule has 1 aliphatic carbocycles. The molecule has 6 nitrogen and oxygen atoms in total. The van der Waals surface area contributed by atoms with Crippen molar-refractivity contribution in [3.05, 3.63) is 41.2 Å². The van der Waals surface area contributed by atoms with Crippen LogP contribution < -0.4 is 4.90 Å². The Morgan fingerprint density at radius 1 is 1.22 bits per heavy atom. The van der Waals surface area contributed by atoms with E-state index in [2.05, 4.69) is 15.1 Å². The Morgan fingerprint density at radius 3 is 2.78 bits per heavy atom. The molecule has 0 N–H and O–H groups in total. The molecule has 3 fully saturated rings.